The van der Waals surface area contributed by atoms with Gasteiger partial charge in [0.25, 0.3) is 0 Å². The molecule has 0 unspecified atom stereocenters. The number of carbonyl (C=O) groups excluding carboxylic acids is 3. The molecule has 2 rings (SSSR count). The Morgan fingerprint density at radius 3 is 2.58 bits per heavy atom. The molecular weight excluding hydrogens is 428 g/mol. The van der Waals surface area contributed by atoms with Crippen LogP contribution in [0.3, 0.4) is 0 Å². The van der Waals surface area contributed by atoms with Crippen LogP contribution in [0.25, 0.3) is 0 Å². The van der Waals surface area contributed by atoms with Crippen molar-refractivity contribution in [3.05, 3.63) is 47.1 Å². The largest absolute Gasteiger partial charge is 0.458 e. The van der Waals surface area contributed by atoms with E-state index < -0.39 is 49.4 Å². The SMILES string of the molecule is C=C1C(=O)O[C@H]2/C=C(/C)[C@@H](OC(=O)CC(C)C)C/C=C(\C)C[C@@H](OC(=O)/C(=C/CO)CO)[C@H]12. The number of rotatable bonds is 7. The van der Waals surface area contributed by atoms with Crippen LogP contribution < -0.4 is 0 Å². The van der Waals surface area contributed by atoms with Crippen molar-refractivity contribution in [2.45, 2.75) is 65.3 Å². The second-order valence-corrected chi connectivity index (χ2v) is 8.91. The van der Waals surface area contributed by atoms with Gasteiger partial charge in [0.1, 0.15) is 18.3 Å². The van der Waals surface area contributed by atoms with E-state index in [-0.39, 0.29) is 23.0 Å². The number of fused-ring (bicyclic) bond motifs is 1. The van der Waals surface area contributed by atoms with Crippen molar-refractivity contribution in [3.8, 4) is 0 Å². The quantitative estimate of drug-likeness (QED) is 0.256. The molecule has 1 saturated heterocycles. The molecule has 0 aromatic carbocycles. The third kappa shape index (κ3) is 7.14. The summed E-state index contributed by atoms with van der Waals surface area (Å²) in [5.74, 6) is -2.15. The third-order valence-electron chi connectivity index (χ3n) is 5.68. The maximum Gasteiger partial charge on any atom is 0.336 e. The van der Waals surface area contributed by atoms with Gasteiger partial charge in [0.05, 0.1) is 24.7 Å². The molecule has 1 aliphatic carbocycles. The first-order valence-corrected chi connectivity index (χ1v) is 11.1. The van der Waals surface area contributed by atoms with E-state index in [0.29, 0.717) is 19.3 Å². The van der Waals surface area contributed by atoms with Crippen LogP contribution in [-0.4, -0.2) is 59.6 Å². The number of carbonyl (C=O) groups is 3. The Labute approximate surface area is 194 Å². The molecule has 2 N–H and O–H groups in total. The topological polar surface area (TPSA) is 119 Å². The van der Waals surface area contributed by atoms with Gasteiger partial charge in [0.15, 0.2) is 0 Å². The molecule has 1 fully saturated rings. The summed E-state index contributed by atoms with van der Waals surface area (Å²) in [5.41, 5.74) is 1.69. The summed E-state index contributed by atoms with van der Waals surface area (Å²) < 4.78 is 16.9. The van der Waals surface area contributed by atoms with Crippen molar-refractivity contribution in [2.24, 2.45) is 11.8 Å². The molecule has 0 spiro atoms. The minimum Gasteiger partial charge on any atom is -0.458 e. The van der Waals surface area contributed by atoms with E-state index in [1.807, 2.05) is 26.8 Å². The minimum atomic E-state index is -0.784. The van der Waals surface area contributed by atoms with Gasteiger partial charge in [-0.2, -0.15) is 0 Å². The zero-order valence-corrected chi connectivity index (χ0v) is 19.7. The Morgan fingerprint density at radius 1 is 1.27 bits per heavy atom. The molecule has 8 nitrogen and oxygen atoms in total. The number of aliphatic hydroxyl groups is 2. The van der Waals surface area contributed by atoms with Gasteiger partial charge in [-0.05, 0) is 37.5 Å². The number of hydrogen-bond donors (Lipinski definition) is 2. The van der Waals surface area contributed by atoms with Crippen LogP contribution in [-0.2, 0) is 28.6 Å². The van der Waals surface area contributed by atoms with Gasteiger partial charge in [-0.3, -0.25) is 4.79 Å². The predicted molar refractivity (Wildman–Crippen MR) is 121 cm³/mol. The zero-order valence-electron chi connectivity index (χ0n) is 19.7. The molecule has 1 aliphatic heterocycles. The highest BCUT2D eigenvalue weighted by Crippen LogP contribution is 2.37. The van der Waals surface area contributed by atoms with Crippen LogP contribution in [0.2, 0.25) is 0 Å². The summed E-state index contributed by atoms with van der Waals surface area (Å²) in [6.07, 6.45) is 3.80. The molecule has 33 heavy (non-hydrogen) atoms. The zero-order chi connectivity index (χ0) is 24.7. The average molecular weight is 463 g/mol. The summed E-state index contributed by atoms with van der Waals surface area (Å²) in [6, 6.07) is 0. The number of hydrogen-bond acceptors (Lipinski definition) is 8. The first-order chi connectivity index (χ1) is 15.6. The third-order valence-corrected chi connectivity index (χ3v) is 5.68. The highest BCUT2D eigenvalue weighted by atomic mass is 16.6. The first kappa shape index (κ1) is 26.5. The van der Waals surface area contributed by atoms with Crippen LogP contribution >= 0.6 is 0 Å². The van der Waals surface area contributed by atoms with Gasteiger partial charge in [0, 0.05) is 24.8 Å². The second-order valence-electron chi connectivity index (χ2n) is 8.91. The highest BCUT2D eigenvalue weighted by molar-refractivity contribution is 5.92. The van der Waals surface area contributed by atoms with E-state index in [9.17, 15) is 19.5 Å². The number of aliphatic hydroxyl groups excluding tert-OH is 2. The molecule has 182 valence electrons. The lowest BCUT2D eigenvalue weighted by atomic mass is 9.85. The van der Waals surface area contributed by atoms with Gasteiger partial charge in [0.2, 0.25) is 0 Å². The first-order valence-electron chi connectivity index (χ1n) is 11.1. The van der Waals surface area contributed by atoms with Crippen molar-refractivity contribution < 1.29 is 38.8 Å². The van der Waals surface area contributed by atoms with Crippen molar-refractivity contribution in [1.82, 2.24) is 0 Å². The van der Waals surface area contributed by atoms with E-state index in [0.717, 1.165) is 11.1 Å². The average Bonchev–Trinajstić information content (AvgIpc) is 3.00. The molecule has 0 amide bonds. The number of ether oxygens (including phenoxy) is 3. The van der Waals surface area contributed by atoms with Crippen molar-refractivity contribution in [3.63, 3.8) is 0 Å². The summed E-state index contributed by atoms with van der Waals surface area (Å²) in [5, 5.41) is 18.5. The van der Waals surface area contributed by atoms with Gasteiger partial charge in [-0.1, -0.05) is 32.1 Å². The van der Waals surface area contributed by atoms with Crippen molar-refractivity contribution >= 4 is 17.9 Å². The summed E-state index contributed by atoms with van der Waals surface area (Å²) >= 11 is 0. The van der Waals surface area contributed by atoms with Gasteiger partial charge >= 0.3 is 17.9 Å². The minimum absolute atomic E-state index is 0.0764. The van der Waals surface area contributed by atoms with Gasteiger partial charge in [-0.15, -0.1) is 0 Å². The van der Waals surface area contributed by atoms with Crippen LogP contribution in [0, 0.1) is 11.8 Å². The molecule has 0 radical (unpaired) electrons. The number of esters is 3. The lowest BCUT2D eigenvalue weighted by molar-refractivity contribution is -0.149. The van der Waals surface area contributed by atoms with Gasteiger partial charge in [-0.25, -0.2) is 9.59 Å². The van der Waals surface area contributed by atoms with E-state index in [4.69, 9.17) is 19.3 Å². The van der Waals surface area contributed by atoms with Gasteiger partial charge < -0.3 is 24.4 Å². The fraction of sp³-hybridized carbons (Fsp3) is 0.560. The van der Waals surface area contributed by atoms with Crippen molar-refractivity contribution in [2.75, 3.05) is 13.2 Å². The summed E-state index contributed by atoms with van der Waals surface area (Å²) in [4.78, 5) is 37.2. The molecule has 2 aliphatic rings. The standard InChI is InChI=1S/C25H34O8/c1-14(2)10-22(28)31-19-7-6-15(3)11-20(33-25(30)18(13-27)8-9-26)23-17(5)24(29)32-21(23)12-16(19)4/h6,8,12,14,19-21,23,26-27H,5,7,9-11,13H2,1-4H3/b15-6+,16-12-,18-8+/t19-,20+,21-,23-/m0/s1. The predicted octanol–water partition coefficient (Wildman–Crippen LogP) is 2.55. The Bertz CT molecular complexity index is 864. The van der Waals surface area contributed by atoms with Crippen molar-refractivity contribution in [1.29, 1.82) is 0 Å². The van der Waals surface area contributed by atoms with Crippen LogP contribution in [0.1, 0.15) is 47.0 Å². The van der Waals surface area contributed by atoms with E-state index in [1.54, 1.807) is 13.0 Å². The molecule has 1 heterocycles. The molecule has 0 bridgehead atoms. The summed E-state index contributed by atoms with van der Waals surface area (Å²) in [7, 11) is 0. The molecular formula is C25H34O8. The Morgan fingerprint density at radius 2 is 1.97 bits per heavy atom. The lowest BCUT2D eigenvalue weighted by Gasteiger charge is -2.29. The van der Waals surface area contributed by atoms with E-state index in [2.05, 4.69) is 6.58 Å². The molecule has 8 heteroatoms. The second kappa shape index (κ2) is 12.0. The van der Waals surface area contributed by atoms with E-state index >= 15 is 0 Å². The Balaban J connectivity index is 2.38. The lowest BCUT2D eigenvalue weighted by Crippen LogP contribution is -2.35. The smallest absolute Gasteiger partial charge is 0.336 e. The van der Waals surface area contributed by atoms with Crippen LogP contribution in [0.15, 0.2) is 47.1 Å². The summed E-state index contributed by atoms with van der Waals surface area (Å²) in [6.45, 7) is 10.4. The fourth-order valence-electron chi connectivity index (χ4n) is 3.90. The Kier molecular flexibility index (Phi) is 9.61. The molecule has 0 aromatic rings. The maximum absolute atomic E-state index is 12.6. The Hall–Kier alpha value is -2.71. The maximum atomic E-state index is 12.6. The normalized spacial score (nSPS) is 29.4. The molecule has 4 atom stereocenters. The van der Waals surface area contributed by atoms with Crippen LogP contribution in [0.5, 0.6) is 0 Å². The fourth-order valence-corrected chi connectivity index (χ4v) is 3.90. The highest BCUT2D eigenvalue weighted by Gasteiger charge is 2.45. The monoisotopic (exact) mass is 462 g/mol. The van der Waals surface area contributed by atoms with Crippen LogP contribution in [0.4, 0.5) is 0 Å². The molecule has 0 saturated carbocycles. The van der Waals surface area contributed by atoms with E-state index in [1.165, 1.54) is 6.08 Å². The molecule has 0 aromatic heterocycles.